The van der Waals surface area contributed by atoms with Crippen molar-refractivity contribution in [3.63, 3.8) is 0 Å². The third-order valence-corrected chi connectivity index (χ3v) is 4.42. The highest BCUT2D eigenvalue weighted by molar-refractivity contribution is 7.99. The highest BCUT2D eigenvalue weighted by Crippen LogP contribution is 2.11. The van der Waals surface area contributed by atoms with E-state index in [1.165, 1.54) is 5.56 Å². The number of hydrogen-bond acceptors (Lipinski definition) is 4. The van der Waals surface area contributed by atoms with E-state index in [0.29, 0.717) is 17.4 Å². The van der Waals surface area contributed by atoms with E-state index < -0.39 is 0 Å². The largest absolute Gasteiger partial charge is 0.376 e. The van der Waals surface area contributed by atoms with E-state index in [0.717, 1.165) is 25.2 Å². The summed E-state index contributed by atoms with van der Waals surface area (Å²) in [5, 5.41) is 3.45. The molecule has 1 aliphatic heterocycles. The lowest BCUT2D eigenvalue weighted by atomic mass is 10.2. The zero-order valence-electron chi connectivity index (χ0n) is 12.3. The predicted octanol–water partition coefficient (Wildman–Crippen LogP) is 1.59. The standard InChI is InChI=1S/C15H21N3O2S2/c19-14(11-22-10-12-5-2-1-3-6-12)17-18-15(21)16-9-13-7-4-8-20-13/h1-3,5-6,13H,4,7-11H2,(H,17,19)(H2,16,18,21)/t13-/m1/s1. The molecule has 22 heavy (non-hydrogen) atoms. The summed E-state index contributed by atoms with van der Waals surface area (Å²) in [6, 6.07) is 10.1. The number of thiocarbonyl (C=S) groups is 1. The SMILES string of the molecule is O=C(CSCc1ccccc1)NNC(=S)NC[C@H]1CCCO1. The normalized spacial score (nSPS) is 17.0. The zero-order chi connectivity index (χ0) is 15.6. The Morgan fingerprint density at radius 3 is 2.86 bits per heavy atom. The van der Waals surface area contributed by atoms with Crippen LogP contribution in [0.4, 0.5) is 0 Å². The Kier molecular flexibility index (Phi) is 7.48. The quantitative estimate of drug-likeness (QED) is 0.540. The molecule has 7 heteroatoms. The molecule has 1 amide bonds. The van der Waals surface area contributed by atoms with Crippen LogP contribution >= 0.6 is 24.0 Å². The average molecular weight is 339 g/mol. The van der Waals surface area contributed by atoms with Gasteiger partial charge in [-0.1, -0.05) is 30.3 Å². The summed E-state index contributed by atoms with van der Waals surface area (Å²) in [5.74, 6) is 1.11. The van der Waals surface area contributed by atoms with Crippen molar-refractivity contribution in [2.45, 2.75) is 24.7 Å². The van der Waals surface area contributed by atoms with Crippen LogP contribution in [0.2, 0.25) is 0 Å². The smallest absolute Gasteiger partial charge is 0.248 e. The lowest BCUT2D eigenvalue weighted by molar-refractivity contribution is -0.119. The van der Waals surface area contributed by atoms with E-state index in [4.69, 9.17) is 17.0 Å². The summed E-state index contributed by atoms with van der Waals surface area (Å²) in [7, 11) is 0. The number of rotatable bonds is 6. The number of carbonyl (C=O) groups excluding carboxylic acids is 1. The Labute approximate surface area is 140 Å². The number of nitrogens with one attached hydrogen (secondary N) is 3. The number of hydrazine groups is 1. The summed E-state index contributed by atoms with van der Waals surface area (Å²) in [5.41, 5.74) is 6.51. The molecule has 1 aliphatic rings. The molecule has 0 aromatic heterocycles. The molecule has 0 spiro atoms. The molecule has 0 bridgehead atoms. The summed E-state index contributed by atoms with van der Waals surface area (Å²) in [6.45, 7) is 1.49. The molecule has 0 radical (unpaired) electrons. The summed E-state index contributed by atoms with van der Waals surface area (Å²) in [4.78, 5) is 11.7. The van der Waals surface area contributed by atoms with Gasteiger partial charge in [-0.3, -0.25) is 15.6 Å². The third-order valence-electron chi connectivity index (χ3n) is 3.17. The number of thioether (sulfide) groups is 1. The molecule has 0 aliphatic carbocycles. The van der Waals surface area contributed by atoms with Crippen molar-refractivity contribution in [2.24, 2.45) is 0 Å². The second-order valence-corrected chi connectivity index (χ2v) is 6.39. The van der Waals surface area contributed by atoms with Gasteiger partial charge in [0, 0.05) is 18.9 Å². The molecule has 5 nitrogen and oxygen atoms in total. The molecule has 120 valence electrons. The molecule has 1 fully saturated rings. The van der Waals surface area contributed by atoms with Gasteiger partial charge in [-0.05, 0) is 30.6 Å². The summed E-state index contributed by atoms with van der Waals surface area (Å²) in [6.07, 6.45) is 2.37. The molecule has 1 heterocycles. The first-order valence-corrected chi connectivity index (χ1v) is 8.86. The topological polar surface area (TPSA) is 62.4 Å². The van der Waals surface area contributed by atoms with Crippen LogP contribution in [-0.4, -0.2) is 36.0 Å². The Morgan fingerprint density at radius 2 is 2.14 bits per heavy atom. The fourth-order valence-corrected chi connectivity index (χ4v) is 2.98. The van der Waals surface area contributed by atoms with E-state index in [1.54, 1.807) is 11.8 Å². The van der Waals surface area contributed by atoms with Crippen LogP contribution in [0.3, 0.4) is 0 Å². The second kappa shape index (κ2) is 9.66. The maximum atomic E-state index is 11.7. The minimum atomic E-state index is -0.0952. The third kappa shape index (κ3) is 6.64. The van der Waals surface area contributed by atoms with Crippen LogP contribution in [-0.2, 0) is 15.3 Å². The lowest BCUT2D eigenvalue weighted by Crippen LogP contribution is -2.48. The van der Waals surface area contributed by atoms with Crippen molar-refractivity contribution in [3.05, 3.63) is 35.9 Å². The first-order chi connectivity index (χ1) is 10.7. The molecule has 1 aromatic carbocycles. The molecular weight excluding hydrogens is 318 g/mol. The fourth-order valence-electron chi connectivity index (χ4n) is 2.05. The van der Waals surface area contributed by atoms with Gasteiger partial charge in [-0.25, -0.2) is 0 Å². The number of hydrogen-bond donors (Lipinski definition) is 3. The van der Waals surface area contributed by atoms with Gasteiger partial charge in [0.1, 0.15) is 0 Å². The molecule has 2 rings (SSSR count). The lowest BCUT2D eigenvalue weighted by Gasteiger charge is -2.14. The minimum Gasteiger partial charge on any atom is -0.376 e. The highest BCUT2D eigenvalue weighted by atomic mass is 32.2. The first-order valence-electron chi connectivity index (χ1n) is 7.30. The monoisotopic (exact) mass is 339 g/mol. The Bertz CT molecular complexity index is 479. The maximum absolute atomic E-state index is 11.7. The van der Waals surface area contributed by atoms with Gasteiger partial charge < -0.3 is 10.1 Å². The molecule has 1 atom stereocenters. The molecule has 1 aromatic rings. The van der Waals surface area contributed by atoms with Crippen LogP contribution in [0, 0.1) is 0 Å². The average Bonchev–Trinajstić information content (AvgIpc) is 3.05. The number of amides is 1. The zero-order valence-corrected chi connectivity index (χ0v) is 14.0. The molecule has 0 saturated carbocycles. The number of ether oxygens (including phenoxy) is 1. The van der Waals surface area contributed by atoms with Gasteiger partial charge >= 0.3 is 0 Å². The van der Waals surface area contributed by atoms with Crippen molar-refractivity contribution in [1.29, 1.82) is 0 Å². The maximum Gasteiger partial charge on any atom is 0.248 e. The van der Waals surface area contributed by atoms with Gasteiger partial charge in [0.25, 0.3) is 0 Å². The molecule has 1 saturated heterocycles. The van der Waals surface area contributed by atoms with Gasteiger partial charge in [-0.2, -0.15) is 0 Å². The van der Waals surface area contributed by atoms with Crippen molar-refractivity contribution in [2.75, 3.05) is 18.9 Å². The minimum absolute atomic E-state index is 0.0952. The van der Waals surface area contributed by atoms with Crippen LogP contribution in [0.1, 0.15) is 18.4 Å². The fraction of sp³-hybridized carbons (Fsp3) is 0.467. The van der Waals surface area contributed by atoms with Crippen LogP contribution < -0.4 is 16.2 Å². The van der Waals surface area contributed by atoms with Crippen molar-refractivity contribution in [1.82, 2.24) is 16.2 Å². The van der Waals surface area contributed by atoms with Crippen molar-refractivity contribution in [3.8, 4) is 0 Å². The number of carbonyl (C=O) groups is 1. The first kappa shape index (κ1) is 17.1. The van der Waals surface area contributed by atoms with E-state index in [-0.39, 0.29) is 12.0 Å². The van der Waals surface area contributed by atoms with E-state index in [1.807, 2.05) is 30.3 Å². The van der Waals surface area contributed by atoms with Gasteiger partial charge in [-0.15, -0.1) is 11.8 Å². The van der Waals surface area contributed by atoms with Gasteiger partial charge in [0.15, 0.2) is 5.11 Å². The van der Waals surface area contributed by atoms with Gasteiger partial charge in [0.05, 0.1) is 11.9 Å². The van der Waals surface area contributed by atoms with Gasteiger partial charge in [0.2, 0.25) is 5.91 Å². The van der Waals surface area contributed by atoms with Crippen LogP contribution in [0.25, 0.3) is 0 Å². The van der Waals surface area contributed by atoms with E-state index in [9.17, 15) is 4.79 Å². The summed E-state index contributed by atoms with van der Waals surface area (Å²) >= 11 is 6.66. The van der Waals surface area contributed by atoms with E-state index >= 15 is 0 Å². The second-order valence-electron chi connectivity index (χ2n) is 5.00. The molecular formula is C15H21N3O2S2. The van der Waals surface area contributed by atoms with Crippen molar-refractivity contribution >= 4 is 35.0 Å². The Balaban J connectivity index is 1.52. The van der Waals surface area contributed by atoms with E-state index in [2.05, 4.69) is 16.2 Å². The Morgan fingerprint density at radius 1 is 1.32 bits per heavy atom. The summed E-state index contributed by atoms with van der Waals surface area (Å²) < 4.78 is 5.48. The van der Waals surface area contributed by atoms with Crippen molar-refractivity contribution < 1.29 is 9.53 Å². The Hall–Kier alpha value is -1.31. The predicted molar refractivity (Wildman–Crippen MR) is 93.5 cm³/mol. The van der Waals surface area contributed by atoms with Crippen LogP contribution in [0.5, 0.6) is 0 Å². The molecule has 3 N–H and O–H groups in total. The number of benzene rings is 1. The van der Waals surface area contributed by atoms with Crippen LogP contribution in [0.15, 0.2) is 30.3 Å². The molecule has 0 unspecified atom stereocenters. The highest BCUT2D eigenvalue weighted by Gasteiger charge is 2.15.